The second-order valence-electron chi connectivity index (χ2n) is 5.47. The highest BCUT2D eigenvalue weighted by Crippen LogP contribution is 2.48. The lowest BCUT2D eigenvalue weighted by molar-refractivity contribution is -0.141. The number of aliphatic hydroxyl groups is 1. The van der Waals surface area contributed by atoms with Crippen molar-refractivity contribution in [2.45, 2.75) is 25.5 Å². The highest BCUT2D eigenvalue weighted by Gasteiger charge is 2.54. The van der Waals surface area contributed by atoms with Crippen molar-refractivity contribution in [2.75, 3.05) is 4.90 Å². The second kappa shape index (κ2) is 5.95. The minimum absolute atomic E-state index is 0.0219. The van der Waals surface area contributed by atoms with E-state index in [-0.39, 0.29) is 28.1 Å². The van der Waals surface area contributed by atoms with Gasteiger partial charge in [-0.15, -0.1) is 0 Å². The van der Waals surface area contributed by atoms with Crippen LogP contribution in [0.25, 0.3) is 0 Å². The summed E-state index contributed by atoms with van der Waals surface area (Å²) in [5, 5.41) is 9.95. The van der Waals surface area contributed by atoms with Crippen LogP contribution in [0.2, 0.25) is 10.3 Å². The maximum Gasteiger partial charge on any atom is 0.352 e. The van der Waals surface area contributed by atoms with Crippen LogP contribution in [0, 0.1) is 0 Å². The van der Waals surface area contributed by atoms with Gasteiger partial charge in [0.05, 0.1) is 23.9 Å². The third-order valence-electron chi connectivity index (χ3n) is 3.86. The molecule has 1 aromatic heterocycles. The summed E-state index contributed by atoms with van der Waals surface area (Å²) in [5.41, 5.74) is -0.00773. The van der Waals surface area contributed by atoms with Crippen LogP contribution in [-0.2, 0) is 17.3 Å². The van der Waals surface area contributed by atoms with Crippen LogP contribution in [-0.4, -0.2) is 16.0 Å². The fourth-order valence-corrected chi connectivity index (χ4v) is 3.15. The highest BCUT2D eigenvalue weighted by molar-refractivity contribution is 6.32. The Hall–Kier alpha value is -1.76. The molecule has 4 nitrogen and oxygen atoms in total. The normalized spacial score (nSPS) is 17.1. The third-order valence-corrected chi connectivity index (χ3v) is 4.40. The molecule has 0 unspecified atom stereocenters. The molecule has 1 atom stereocenters. The molecule has 2 heterocycles. The molecule has 2 aromatic rings. The maximum absolute atomic E-state index is 14.5. The molecule has 0 saturated carbocycles. The van der Waals surface area contributed by atoms with Crippen molar-refractivity contribution >= 4 is 34.8 Å². The molecule has 8 heteroatoms. The monoisotopic (exact) mass is 372 g/mol. The van der Waals surface area contributed by atoms with E-state index in [1.165, 1.54) is 37.3 Å². The first-order valence-electron chi connectivity index (χ1n) is 7.05. The molecule has 1 aliphatic heterocycles. The lowest BCUT2D eigenvalue weighted by Crippen LogP contribution is -2.34. The largest absolute Gasteiger partial charge is 0.389 e. The molecule has 0 spiro atoms. The van der Waals surface area contributed by atoms with E-state index in [1.54, 1.807) is 0 Å². The van der Waals surface area contributed by atoms with E-state index in [0.29, 0.717) is 5.56 Å². The molecule has 1 aliphatic rings. The van der Waals surface area contributed by atoms with Gasteiger partial charge >= 0.3 is 11.8 Å². The van der Waals surface area contributed by atoms with Crippen molar-refractivity contribution in [2.24, 2.45) is 0 Å². The van der Waals surface area contributed by atoms with E-state index >= 15 is 0 Å². The summed E-state index contributed by atoms with van der Waals surface area (Å²) in [5.74, 6) is -5.08. The molecule has 0 radical (unpaired) electrons. The number of rotatable bonds is 3. The number of halogens is 4. The van der Waals surface area contributed by atoms with Crippen LogP contribution >= 0.6 is 23.2 Å². The van der Waals surface area contributed by atoms with Crippen molar-refractivity contribution in [1.82, 2.24) is 4.98 Å². The smallest absolute Gasteiger partial charge is 0.352 e. The van der Waals surface area contributed by atoms with Gasteiger partial charge < -0.3 is 10.0 Å². The van der Waals surface area contributed by atoms with Gasteiger partial charge in [0, 0.05) is 5.56 Å². The van der Waals surface area contributed by atoms with Crippen LogP contribution in [0.3, 0.4) is 0 Å². The summed E-state index contributed by atoms with van der Waals surface area (Å²) in [6.07, 6.45) is -1.13. The quantitative estimate of drug-likeness (QED) is 0.825. The third kappa shape index (κ3) is 2.64. The summed E-state index contributed by atoms with van der Waals surface area (Å²) in [6.45, 7) is 1.20. The molecule has 0 saturated heterocycles. The van der Waals surface area contributed by atoms with E-state index in [1.807, 2.05) is 0 Å². The van der Waals surface area contributed by atoms with E-state index in [9.17, 15) is 18.7 Å². The summed E-state index contributed by atoms with van der Waals surface area (Å²) >= 11 is 11.7. The van der Waals surface area contributed by atoms with Crippen LogP contribution in [0.4, 0.5) is 14.5 Å². The first-order valence-corrected chi connectivity index (χ1v) is 7.81. The molecule has 1 amide bonds. The summed E-state index contributed by atoms with van der Waals surface area (Å²) in [7, 11) is 0. The maximum atomic E-state index is 14.5. The first-order chi connectivity index (χ1) is 11.2. The van der Waals surface area contributed by atoms with Crippen LogP contribution < -0.4 is 4.90 Å². The van der Waals surface area contributed by atoms with Gasteiger partial charge in [-0.25, -0.2) is 4.98 Å². The number of fused-ring (bicyclic) bond motifs is 1. The zero-order valence-corrected chi connectivity index (χ0v) is 13.9. The lowest BCUT2D eigenvalue weighted by Gasteiger charge is -2.18. The minimum Gasteiger partial charge on any atom is -0.389 e. The fourth-order valence-electron chi connectivity index (χ4n) is 2.74. The molecular formula is C16H12Cl2F2N2O2. The van der Waals surface area contributed by atoms with Gasteiger partial charge in [0.15, 0.2) is 0 Å². The molecule has 24 heavy (non-hydrogen) atoms. The highest BCUT2D eigenvalue weighted by atomic mass is 35.5. The second-order valence-corrected chi connectivity index (χ2v) is 6.21. The SMILES string of the molecule is C[C@H](O)c1cccc2c1C(F)(F)C(=O)N2Cc1ccc(Cl)nc1Cl. The van der Waals surface area contributed by atoms with Crippen molar-refractivity contribution < 1.29 is 18.7 Å². The van der Waals surface area contributed by atoms with Crippen LogP contribution in [0.1, 0.15) is 29.7 Å². The van der Waals surface area contributed by atoms with Gasteiger partial charge in [0.1, 0.15) is 10.3 Å². The number of hydrogen-bond acceptors (Lipinski definition) is 3. The number of aromatic nitrogens is 1. The van der Waals surface area contributed by atoms with Gasteiger partial charge in [0.25, 0.3) is 0 Å². The van der Waals surface area contributed by atoms with Crippen molar-refractivity contribution in [3.63, 3.8) is 0 Å². The zero-order valence-electron chi connectivity index (χ0n) is 12.4. The molecule has 0 bridgehead atoms. The number of carbonyl (C=O) groups excluding carboxylic acids is 1. The average Bonchev–Trinajstić information content (AvgIpc) is 2.70. The Morgan fingerprint density at radius 2 is 2.00 bits per heavy atom. The first kappa shape index (κ1) is 17.1. The number of pyridine rings is 1. The zero-order chi connectivity index (χ0) is 17.6. The van der Waals surface area contributed by atoms with Gasteiger partial charge in [-0.05, 0) is 24.6 Å². The van der Waals surface area contributed by atoms with Crippen LogP contribution in [0.15, 0.2) is 30.3 Å². The Morgan fingerprint density at radius 1 is 1.29 bits per heavy atom. The van der Waals surface area contributed by atoms with Gasteiger partial charge in [-0.1, -0.05) is 41.4 Å². The minimum atomic E-state index is -3.71. The van der Waals surface area contributed by atoms with E-state index < -0.39 is 23.5 Å². The fraction of sp³-hybridized carbons (Fsp3) is 0.250. The summed E-state index contributed by atoms with van der Waals surface area (Å²) in [4.78, 5) is 17.0. The average molecular weight is 373 g/mol. The number of aliphatic hydroxyl groups excluding tert-OH is 1. The van der Waals surface area contributed by atoms with Gasteiger partial charge in [-0.3, -0.25) is 4.79 Å². The molecule has 0 aliphatic carbocycles. The number of nitrogens with zero attached hydrogens (tertiary/aromatic N) is 2. The van der Waals surface area contributed by atoms with E-state index in [4.69, 9.17) is 23.2 Å². The van der Waals surface area contributed by atoms with Gasteiger partial charge in [0.2, 0.25) is 0 Å². The lowest BCUT2D eigenvalue weighted by atomic mass is 9.98. The van der Waals surface area contributed by atoms with Crippen molar-refractivity contribution in [3.05, 3.63) is 57.3 Å². The molecule has 1 aromatic carbocycles. The van der Waals surface area contributed by atoms with E-state index in [0.717, 1.165) is 4.90 Å². The van der Waals surface area contributed by atoms with Crippen molar-refractivity contribution in [1.29, 1.82) is 0 Å². The Labute approximate surface area is 146 Å². The Bertz CT molecular complexity index is 828. The molecule has 126 valence electrons. The standard InChI is InChI=1S/C16H12Cl2F2N2O2/c1-8(23)10-3-2-4-11-13(10)16(19,20)15(24)22(11)7-9-5-6-12(17)21-14(9)18/h2-6,8,23H,7H2,1H3/t8-/m0/s1. The predicted octanol–water partition coefficient (Wildman–Crippen LogP) is 4.08. The Morgan fingerprint density at radius 3 is 2.62 bits per heavy atom. The number of hydrogen-bond donors (Lipinski definition) is 1. The number of amides is 1. The summed E-state index contributed by atoms with van der Waals surface area (Å²) < 4.78 is 29.0. The topological polar surface area (TPSA) is 53.4 Å². The van der Waals surface area contributed by atoms with Crippen molar-refractivity contribution in [3.8, 4) is 0 Å². The molecule has 3 rings (SSSR count). The Balaban J connectivity index is 2.09. The Kier molecular flexibility index (Phi) is 4.23. The molecule has 1 N–H and O–H groups in total. The predicted molar refractivity (Wildman–Crippen MR) is 86.4 cm³/mol. The number of anilines is 1. The summed E-state index contributed by atoms with van der Waals surface area (Å²) in [6, 6.07) is 7.31. The van der Waals surface area contributed by atoms with Crippen LogP contribution in [0.5, 0.6) is 0 Å². The number of alkyl halides is 2. The number of carbonyl (C=O) groups is 1. The molecular weight excluding hydrogens is 361 g/mol. The molecule has 0 fully saturated rings. The number of benzene rings is 1. The van der Waals surface area contributed by atoms with E-state index in [2.05, 4.69) is 4.98 Å². The van der Waals surface area contributed by atoms with Gasteiger partial charge in [-0.2, -0.15) is 8.78 Å².